The van der Waals surface area contributed by atoms with Crippen LogP contribution in [-0.2, 0) is 11.3 Å². The monoisotopic (exact) mass is 388 g/mol. The van der Waals surface area contributed by atoms with Crippen molar-refractivity contribution < 1.29 is 14.3 Å². The first-order chi connectivity index (χ1) is 13.2. The lowest BCUT2D eigenvalue weighted by molar-refractivity contribution is -0.118. The number of unbranched alkanes of at least 4 members (excludes halogenated alkanes) is 1. The molecule has 0 saturated heterocycles. The largest absolute Gasteiger partial charge is 0.485 e. The summed E-state index contributed by atoms with van der Waals surface area (Å²) in [6.45, 7) is 7.49. The van der Waals surface area contributed by atoms with E-state index in [0.29, 0.717) is 42.2 Å². The number of allylic oxidation sites excluding steroid dienone is 1. The molecule has 0 spiro atoms. The van der Waals surface area contributed by atoms with Gasteiger partial charge in [-0.2, -0.15) is 0 Å². The van der Waals surface area contributed by atoms with Crippen molar-refractivity contribution in [2.45, 2.75) is 37.6 Å². The van der Waals surface area contributed by atoms with E-state index in [1.807, 2.05) is 28.8 Å². The molecule has 1 amide bonds. The maximum Gasteiger partial charge on any atom is 0.230 e. The smallest absolute Gasteiger partial charge is 0.230 e. The number of para-hydroxylation sites is 2. The van der Waals surface area contributed by atoms with Crippen LogP contribution < -0.4 is 14.8 Å². The average Bonchev–Trinajstić information content (AvgIpc) is 3.09. The van der Waals surface area contributed by atoms with Gasteiger partial charge in [0.15, 0.2) is 28.6 Å². The van der Waals surface area contributed by atoms with E-state index < -0.39 is 0 Å². The van der Waals surface area contributed by atoms with E-state index >= 15 is 0 Å². The number of ether oxygens (including phenoxy) is 2. The molecule has 3 rings (SSSR count). The van der Waals surface area contributed by atoms with Gasteiger partial charge in [-0.15, -0.1) is 16.8 Å². The summed E-state index contributed by atoms with van der Waals surface area (Å²) in [6.07, 6.45) is 3.45. The van der Waals surface area contributed by atoms with Gasteiger partial charge in [-0.1, -0.05) is 43.3 Å². The Morgan fingerprint density at radius 2 is 2.22 bits per heavy atom. The Bertz CT molecular complexity index is 793. The minimum atomic E-state index is -0.361. The molecule has 1 atom stereocenters. The van der Waals surface area contributed by atoms with E-state index in [4.69, 9.17) is 9.47 Å². The van der Waals surface area contributed by atoms with Crippen LogP contribution in [0.2, 0.25) is 0 Å². The zero-order valence-electron chi connectivity index (χ0n) is 15.4. The van der Waals surface area contributed by atoms with E-state index in [1.165, 1.54) is 11.8 Å². The molecule has 2 aromatic rings. The predicted octanol–water partition coefficient (Wildman–Crippen LogP) is 2.99. The zero-order chi connectivity index (χ0) is 19.1. The van der Waals surface area contributed by atoms with Gasteiger partial charge in [-0.25, -0.2) is 0 Å². The first-order valence-corrected chi connectivity index (χ1v) is 10.0. The summed E-state index contributed by atoms with van der Waals surface area (Å²) in [6, 6.07) is 7.55. The maximum absolute atomic E-state index is 12.0. The van der Waals surface area contributed by atoms with Crippen LogP contribution in [0.5, 0.6) is 11.5 Å². The number of benzene rings is 1. The Balaban J connectivity index is 1.68. The summed E-state index contributed by atoms with van der Waals surface area (Å²) in [4.78, 5) is 12.0. The fourth-order valence-electron chi connectivity index (χ4n) is 2.68. The quantitative estimate of drug-likeness (QED) is 0.404. The van der Waals surface area contributed by atoms with Gasteiger partial charge in [0.2, 0.25) is 5.91 Å². The number of hydrogen-bond acceptors (Lipinski definition) is 6. The second-order valence-electron chi connectivity index (χ2n) is 6.10. The van der Waals surface area contributed by atoms with Gasteiger partial charge in [-0.05, 0) is 18.6 Å². The topological polar surface area (TPSA) is 78.3 Å². The SMILES string of the molecule is C=CCn1c(SCC(=O)NCCCC)nnc1[C@@H]1COc2ccccc2O1. The molecule has 0 aliphatic carbocycles. The lowest BCUT2D eigenvalue weighted by atomic mass is 10.2. The molecular formula is C19H24N4O3S. The van der Waals surface area contributed by atoms with Crippen LogP contribution in [0.15, 0.2) is 42.1 Å². The molecular weight excluding hydrogens is 364 g/mol. The van der Waals surface area contributed by atoms with Crippen molar-refractivity contribution in [1.82, 2.24) is 20.1 Å². The molecule has 2 heterocycles. The fourth-order valence-corrected chi connectivity index (χ4v) is 3.46. The standard InChI is InChI=1S/C19H24N4O3S/c1-3-5-10-20-17(24)13-27-19-22-21-18(23(19)11-4-2)16-12-25-14-8-6-7-9-15(14)26-16/h4,6-9,16H,2-3,5,10-13H2,1H3,(H,20,24)/t16-/m0/s1. The zero-order valence-corrected chi connectivity index (χ0v) is 16.2. The van der Waals surface area contributed by atoms with Gasteiger partial charge in [0, 0.05) is 13.1 Å². The van der Waals surface area contributed by atoms with Crippen molar-refractivity contribution >= 4 is 17.7 Å². The number of hydrogen-bond donors (Lipinski definition) is 1. The number of aromatic nitrogens is 3. The first kappa shape index (κ1) is 19.3. The highest BCUT2D eigenvalue weighted by Crippen LogP contribution is 2.36. The number of carbonyl (C=O) groups excluding carboxylic acids is 1. The third-order valence-electron chi connectivity index (χ3n) is 4.04. The minimum absolute atomic E-state index is 0.00525. The van der Waals surface area contributed by atoms with Gasteiger partial charge < -0.3 is 14.8 Å². The maximum atomic E-state index is 12.0. The Kier molecular flexibility index (Phi) is 6.75. The molecule has 1 aromatic carbocycles. The molecule has 0 unspecified atom stereocenters. The number of amides is 1. The van der Waals surface area contributed by atoms with Crippen LogP contribution in [-0.4, -0.2) is 39.6 Å². The van der Waals surface area contributed by atoms with Crippen molar-refractivity contribution in [2.75, 3.05) is 18.9 Å². The first-order valence-electron chi connectivity index (χ1n) is 9.05. The summed E-state index contributed by atoms with van der Waals surface area (Å²) < 4.78 is 13.7. The van der Waals surface area contributed by atoms with Gasteiger partial charge >= 0.3 is 0 Å². The second kappa shape index (κ2) is 9.45. The normalized spacial score (nSPS) is 15.4. The number of nitrogens with one attached hydrogen (secondary N) is 1. The average molecular weight is 388 g/mol. The Morgan fingerprint density at radius 3 is 3.00 bits per heavy atom. The van der Waals surface area contributed by atoms with E-state index in [2.05, 4.69) is 29.0 Å². The number of thioether (sulfide) groups is 1. The highest BCUT2D eigenvalue weighted by Gasteiger charge is 2.28. The van der Waals surface area contributed by atoms with E-state index in [0.717, 1.165) is 18.6 Å². The Labute approximate surface area is 163 Å². The molecule has 1 aliphatic rings. The molecule has 7 nitrogen and oxygen atoms in total. The molecule has 1 aromatic heterocycles. The summed E-state index contributed by atoms with van der Waals surface area (Å²) in [5, 5.41) is 12.1. The summed E-state index contributed by atoms with van der Waals surface area (Å²) in [5.74, 6) is 2.37. The van der Waals surface area contributed by atoms with Gasteiger partial charge in [-0.3, -0.25) is 9.36 Å². The highest BCUT2D eigenvalue weighted by molar-refractivity contribution is 7.99. The van der Waals surface area contributed by atoms with Crippen LogP contribution in [0.4, 0.5) is 0 Å². The molecule has 0 saturated carbocycles. The molecule has 144 valence electrons. The van der Waals surface area contributed by atoms with Crippen LogP contribution in [0.25, 0.3) is 0 Å². The number of rotatable bonds is 9. The number of nitrogens with zero attached hydrogens (tertiary/aromatic N) is 3. The number of fused-ring (bicyclic) bond motifs is 1. The number of carbonyl (C=O) groups is 1. The molecule has 27 heavy (non-hydrogen) atoms. The van der Waals surface area contributed by atoms with Crippen LogP contribution >= 0.6 is 11.8 Å². The van der Waals surface area contributed by atoms with E-state index in [1.54, 1.807) is 6.08 Å². The van der Waals surface area contributed by atoms with Gasteiger partial charge in [0.25, 0.3) is 0 Å². The lowest BCUT2D eigenvalue weighted by Crippen LogP contribution is -2.26. The molecule has 0 fully saturated rings. The molecule has 8 heteroatoms. The summed E-state index contributed by atoms with van der Waals surface area (Å²) >= 11 is 1.36. The summed E-state index contributed by atoms with van der Waals surface area (Å²) in [5.41, 5.74) is 0. The summed E-state index contributed by atoms with van der Waals surface area (Å²) in [7, 11) is 0. The lowest BCUT2D eigenvalue weighted by Gasteiger charge is -2.26. The van der Waals surface area contributed by atoms with Crippen molar-refractivity contribution in [1.29, 1.82) is 0 Å². The van der Waals surface area contributed by atoms with Crippen LogP contribution in [0.3, 0.4) is 0 Å². The molecule has 1 aliphatic heterocycles. The van der Waals surface area contributed by atoms with Gasteiger partial charge in [0.05, 0.1) is 5.75 Å². The van der Waals surface area contributed by atoms with Crippen molar-refractivity contribution in [3.05, 3.63) is 42.7 Å². The third-order valence-corrected chi connectivity index (χ3v) is 5.01. The van der Waals surface area contributed by atoms with Gasteiger partial charge in [0.1, 0.15) is 6.61 Å². The molecule has 1 N–H and O–H groups in total. The third kappa shape index (κ3) is 4.82. The van der Waals surface area contributed by atoms with Crippen molar-refractivity contribution in [3.8, 4) is 11.5 Å². The second-order valence-corrected chi connectivity index (χ2v) is 7.04. The fraction of sp³-hybridized carbons (Fsp3) is 0.421. The Morgan fingerprint density at radius 1 is 1.41 bits per heavy atom. The molecule has 0 radical (unpaired) electrons. The Hall–Kier alpha value is -2.48. The van der Waals surface area contributed by atoms with Crippen molar-refractivity contribution in [3.63, 3.8) is 0 Å². The van der Waals surface area contributed by atoms with E-state index in [9.17, 15) is 4.79 Å². The van der Waals surface area contributed by atoms with Crippen LogP contribution in [0, 0.1) is 0 Å². The minimum Gasteiger partial charge on any atom is -0.485 e. The van der Waals surface area contributed by atoms with Crippen LogP contribution in [0.1, 0.15) is 31.7 Å². The van der Waals surface area contributed by atoms with E-state index in [-0.39, 0.29) is 12.0 Å². The molecule has 0 bridgehead atoms. The predicted molar refractivity (Wildman–Crippen MR) is 104 cm³/mol. The highest BCUT2D eigenvalue weighted by atomic mass is 32.2. The van der Waals surface area contributed by atoms with Crippen molar-refractivity contribution in [2.24, 2.45) is 0 Å².